The summed E-state index contributed by atoms with van der Waals surface area (Å²) in [5.41, 5.74) is 1.07. The van der Waals surface area contributed by atoms with Crippen molar-refractivity contribution in [3.63, 3.8) is 0 Å². The number of carbonyl (C=O) groups excluding carboxylic acids is 1. The summed E-state index contributed by atoms with van der Waals surface area (Å²) >= 11 is 1.59. The van der Waals surface area contributed by atoms with Crippen LogP contribution in [0.3, 0.4) is 0 Å². The quantitative estimate of drug-likeness (QED) is 0.843. The van der Waals surface area contributed by atoms with Gasteiger partial charge in [-0.25, -0.2) is 9.78 Å². The van der Waals surface area contributed by atoms with E-state index in [0.717, 1.165) is 21.1 Å². The van der Waals surface area contributed by atoms with E-state index in [4.69, 9.17) is 0 Å². The lowest BCUT2D eigenvalue weighted by atomic mass is 10.1. The molecule has 0 saturated heterocycles. The van der Waals surface area contributed by atoms with Gasteiger partial charge in [-0.05, 0) is 33.3 Å². The van der Waals surface area contributed by atoms with Gasteiger partial charge in [0, 0.05) is 11.4 Å². The van der Waals surface area contributed by atoms with E-state index < -0.39 is 5.60 Å². The Morgan fingerprint density at radius 3 is 2.50 bits per heavy atom. The molecule has 1 aromatic heterocycles. The van der Waals surface area contributed by atoms with Crippen molar-refractivity contribution >= 4 is 17.4 Å². The second kappa shape index (κ2) is 7.77. The maximum atomic E-state index is 12.6. The van der Waals surface area contributed by atoms with Crippen molar-refractivity contribution < 1.29 is 9.90 Å². The Labute approximate surface area is 147 Å². The van der Waals surface area contributed by atoms with E-state index in [0.29, 0.717) is 13.1 Å². The Hall–Kier alpha value is -1.92. The van der Waals surface area contributed by atoms with Gasteiger partial charge in [0.25, 0.3) is 0 Å². The van der Waals surface area contributed by atoms with E-state index in [1.165, 1.54) is 0 Å². The summed E-state index contributed by atoms with van der Waals surface area (Å²) in [5, 5.41) is 13.9. The number of aliphatic hydroxyl groups is 1. The maximum Gasteiger partial charge on any atom is 0.318 e. The largest absolute Gasteiger partial charge is 0.389 e. The van der Waals surface area contributed by atoms with Crippen LogP contribution in [0.1, 0.15) is 35.0 Å². The highest BCUT2D eigenvalue weighted by molar-refractivity contribution is 7.11. The first kappa shape index (κ1) is 18.4. The molecule has 24 heavy (non-hydrogen) atoms. The summed E-state index contributed by atoms with van der Waals surface area (Å²) in [6.45, 7) is 8.49. The fraction of sp³-hybridized carbons (Fsp3) is 0.444. The van der Waals surface area contributed by atoms with Crippen LogP contribution in [-0.4, -0.2) is 33.2 Å². The molecule has 2 amide bonds. The molecule has 0 unspecified atom stereocenters. The second-order valence-corrected chi connectivity index (χ2v) is 7.85. The minimum Gasteiger partial charge on any atom is -0.389 e. The fourth-order valence-corrected chi connectivity index (χ4v) is 3.22. The monoisotopic (exact) mass is 347 g/mol. The first-order valence-electron chi connectivity index (χ1n) is 7.96. The lowest BCUT2D eigenvalue weighted by Crippen LogP contribution is -2.46. The van der Waals surface area contributed by atoms with Gasteiger partial charge in [0.15, 0.2) is 0 Å². The van der Waals surface area contributed by atoms with Crippen LogP contribution in [0.4, 0.5) is 4.79 Å². The number of amides is 2. The molecule has 0 atom stereocenters. The minimum absolute atomic E-state index is 0.202. The summed E-state index contributed by atoms with van der Waals surface area (Å²) < 4.78 is 0. The smallest absolute Gasteiger partial charge is 0.318 e. The Morgan fingerprint density at radius 2 is 1.96 bits per heavy atom. The van der Waals surface area contributed by atoms with Crippen LogP contribution in [0.2, 0.25) is 0 Å². The normalized spacial score (nSPS) is 11.4. The maximum absolute atomic E-state index is 12.6. The van der Waals surface area contributed by atoms with Crippen molar-refractivity contribution in [1.29, 1.82) is 0 Å². The Bertz CT molecular complexity index is 658. The number of aryl methyl sites for hydroxylation is 2. The number of benzene rings is 1. The van der Waals surface area contributed by atoms with Gasteiger partial charge in [-0.2, -0.15) is 0 Å². The van der Waals surface area contributed by atoms with Crippen LogP contribution in [-0.2, 0) is 13.1 Å². The van der Waals surface area contributed by atoms with Gasteiger partial charge in [-0.3, -0.25) is 0 Å². The highest BCUT2D eigenvalue weighted by Gasteiger charge is 2.22. The molecule has 2 aromatic rings. The van der Waals surface area contributed by atoms with Gasteiger partial charge >= 0.3 is 6.03 Å². The number of nitrogens with zero attached hydrogens (tertiary/aromatic N) is 2. The fourth-order valence-electron chi connectivity index (χ4n) is 2.35. The van der Waals surface area contributed by atoms with E-state index in [9.17, 15) is 9.90 Å². The van der Waals surface area contributed by atoms with Crippen molar-refractivity contribution in [3.8, 4) is 0 Å². The van der Waals surface area contributed by atoms with E-state index in [-0.39, 0.29) is 12.6 Å². The van der Waals surface area contributed by atoms with Crippen molar-refractivity contribution in [2.24, 2.45) is 0 Å². The summed E-state index contributed by atoms with van der Waals surface area (Å²) in [6.07, 6.45) is 0. The molecule has 0 radical (unpaired) electrons. The SMILES string of the molecule is Cc1nc(CNC(=O)N(Cc2ccccc2)CC(C)(C)O)sc1C. The molecule has 130 valence electrons. The molecule has 0 fully saturated rings. The van der Waals surface area contributed by atoms with Crippen molar-refractivity contribution in [2.45, 2.75) is 46.4 Å². The Morgan fingerprint density at radius 1 is 1.29 bits per heavy atom. The molecule has 0 aliphatic heterocycles. The van der Waals surface area contributed by atoms with Crippen molar-refractivity contribution in [3.05, 3.63) is 51.5 Å². The van der Waals surface area contributed by atoms with Gasteiger partial charge < -0.3 is 15.3 Å². The number of urea groups is 1. The summed E-state index contributed by atoms with van der Waals surface area (Å²) in [4.78, 5) is 19.8. The summed E-state index contributed by atoms with van der Waals surface area (Å²) in [7, 11) is 0. The van der Waals surface area contributed by atoms with E-state index in [1.54, 1.807) is 30.1 Å². The van der Waals surface area contributed by atoms with Gasteiger partial charge in [-0.1, -0.05) is 30.3 Å². The second-order valence-electron chi connectivity index (χ2n) is 6.56. The predicted molar refractivity (Wildman–Crippen MR) is 97.0 cm³/mol. The zero-order chi connectivity index (χ0) is 17.7. The number of hydrogen-bond acceptors (Lipinski definition) is 4. The minimum atomic E-state index is -0.958. The molecule has 0 saturated carbocycles. The van der Waals surface area contributed by atoms with E-state index in [1.807, 2.05) is 44.2 Å². The number of aromatic nitrogens is 1. The molecular formula is C18H25N3O2S. The standard InChI is InChI=1S/C18H25N3O2S/c1-13-14(2)24-16(20-13)10-19-17(22)21(12-18(3,4)23)11-15-8-6-5-7-9-15/h5-9,23H,10-12H2,1-4H3,(H,19,22). The van der Waals surface area contributed by atoms with Crippen LogP contribution in [0, 0.1) is 13.8 Å². The molecule has 2 N–H and O–H groups in total. The summed E-state index contributed by atoms with van der Waals surface area (Å²) in [5.74, 6) is 0. The van der Waals surface area contributed by atoms with Crippen LogP contribution >= 0.6 is 11.3 Å². The third kappa shape index (κ3) is 5.62. The molecule has 1 aromatic carbocycles. The molecule has 2 rings (SSSR count). The molecule has 1 heterocycles. The average Bonchev–Trinajstić information content (AvgIpc) is 2.82. The van der Waals surface area contributed by atoms with E-state index in [2.05, 4.69) is 10.3 Å². The molecular weight excluding hydrogens is 322 g/mol. The van der Waals surface area contributed by atoms with E-state index >= 15 is 0 Å². The number of rotatable bonds is 6. The Kier molecular flexibility index (Phi) is 5.96. The van der Waals surface area contributed by atoms with Gasteiger partial charge in [0.05, 0.1) is 24.4 Å². The molecule has 0 aliphatic rings. The van der Waals surface area contributed by atoms with Gasteiger partial charge in [0.2, 0.25) is 0 Å². The number of nitrogens with one attached hydrogen (secondary N) is 1. The molecule has 0 bridgehead atoms. The molecule has 6 heteroatoms. The zero-order valence-corrected chi connectivity index (χ0v) is 15.5. The summed E-state index contributed by atoms with van der Waals surface area (Å²) in [6, 6.07) is 9.56. The number of thiazole rings is 1. The first-order valence-corrected chi connectivity index (χ1v) is 8.78. The van der Waals surface area contributed by atoms with Crippen LogP contribution in [0.15, 0.2) is 30.3 Å². The number of carbonyl (C=O) groups is 1. The van der Waals surface area contributed by atoms with Gasteiger partial charge in [0.1, 0.15) is 5.01 Å². The lowest BCUT2D eigenvalue weighted by molar-refractivity contribution is 0.0446. The molecule has 0 aliphatic carbocycles. The Balaban J connectivity index is 2.03. The van der Waals surface area contributed by atoms with Crippen LogP contribution in [0.25, 0.3) is 0 Å². The highest BCUT2D eigenvalue weighted by Crippen LogP contribution is 2.16. The first-order chi connectivity index (χ1) is 11.2. The number of hydrogen-bond donors (Lipinski definition) is 2. The van der Waals surface area contributed by atoms with Crippen molar-refractivity contribution in [2.75, 3.05) is 6.54 Å². The molecule has 0 spiro atoms. The van der Waals surface area contributed by atoms with Crippen LogP contribution in [0.5, 0.6) is 0 Å². The molecule has 5 nitrogen and oxygen atoms in total. The third-order valence-electron chi connectivity index (χ3n) is 3.54. The highest BCUT2D eigenvalue weighted by atomic mass is 32.1. The van der Waals surface area contributed by atoms with Crippen LogP contribution < -0.4 is 5.32 Å². The average molecular weight is 347 g/mol. The lowest BCUT2D eigenvalue weighted by Gasteiger charge is -2.29. The van der Waals surface area contributed by atoms with Gasteiger partial charge in [-0.15, -0.1) is 11.3 Å². The zero-order valence-electron chi connectivity index (χ0n) is 14.7. The van der Waals surface area contributed by atoms with Crippen molar-refractivity contribution in [1.82, 2.24) is 15.2 Å². The third-order valence-corrected chi connectivity index (χ3v) is 4.62. The predicted octanol–water partition coefficient (Wildman–Crippen LogP) is 3.24. The topological polar surface area (TPSA) is 65.5 Å².